The lowest BCUT2D eigenvalue weighted by molar-refractivity contribution is 0.0577. The molecule has 1 aromatic carbocycles. The molecule has 0 fully saturated rings. The van der Waals surface area contributed by atoms with Crippen LogP contribution in [0.5, 0.6) is 11.5 Å². The standard InChI is InChI=1S/C14H16ClN3O2S/c1-2-18(8-11-14(15)21-17-16-11)7-10-9-19-12-5-3-4-6-13(12)20-10/h3-6,10H,2,7-9H2,1H3/t10-/m0/s1. The summed E-state index contributed by atoms with van der Waals surface area (Å²) in [5, 5.41) is 4.06. The van der Waals surface area contributed by atoms with E-state index in [1.54, 1.807) is 0 Å². The Kier molecular flexibility index (Phi) is 4.57. The van der Waals surface area contributed by atoms with Gasteiger partial charge in [-0.15, -0.1) is 5.10 Å². The third-order valence-electron chi connectivity index (χ3n) is 3.36. The molecule has 0 bridgehead atoms. The van der Waals surface area contributed by atoms with Crippen molar-refractivity contribution in [1.29, 1.82) is 0 Å². The molecule has 1 aliphatic rings. The fourth-order valence-corrected chi connectivity index (χ4v) is 2.86. The van der Waals surface area contributed by atoms with E-state index in [-0.39, 0.29) is 6.10 Å². The molecule has 5 nitrogen and oxygen atoms in total. The highest BCUT2D eigenvalue weighted by atomic mass is 35.5. The Morgan fingerprint density at radius 2 is 2.19 bits per heavy atom. The van der Waals surface area contributed by atoms with Crippen molar-refractivity contribution < 1.29 is 9.47 Å². The molecule has 0 saturated heterocycles. The zero-order valence-corrected chi connectivity index (χ0v) is 13.2. The summed E-state index contributed by atoms with van der Waals surface area (Å²) in [7, 11) is 0. The number of likely N-dealkylation sites (N-methyl/N-ethyl adjacent to an activating group) is 1. The molecule has 0 N–H and O–H groups in total. The summed E-state index contributed by atoms with van der Waals surface area (Å²) in [6, 6.07) is 7.74. The third-order valence-corrected chi connectivity index (χ3v) is 4.34. The number of ether oxygens (including phenoxy) is 2. The predicted octanol–water partition coefficient (Wildman–Crippen LogP) is 2.85. The maximum absolute atomic E-state index is 6.06. The highest BCUT2D eigenvalue weighted by molar-refractivity contribution is 7.10. The lowest BCUT2D eigenvalue weighted by atomic mass is 10.2. The van der Waals surface area contributed by atoms with E-state index in [1.807, 2.05) is 24.3 Å². The van der Waals surface area contributed by atoms with Crippen LogP contribution in [0.4, 0.5) is 0 Å². The van der Waals surface area contributed by atoms with Gasteiger partial charge in [0.05, 0.1) is 0 Å². The Morgan fingerprint density at radius 3 is 2.90 bits per heavy atom. The largest absolute Gasteiger partial charge is 0.486 e. The first-order valence-electron chi connectivity index (χ1n) is 6.84. The van der Waals surface area contributed by atoms with Gasteiger partial charge in [-0.2, -0.15) is 0 Å². The van der Waals surface area contributed by atoms with Crippen LogP contribution in [0.1, 0.15) is 12.6 Å². The van der Waals surface area contributed by atoms with Crippen LogP contribution in [0, 0.1) is 0 Å². The quantitative estimate of drug-likeness (QED) is 0.846. The number of benzene rings is 1. The number of para-hydroxylation sites is 2. The van der Waals surface area contributed by atoms with Crippen molar-refractivity contribution in [3.8, 4) is 11.5 Å². The van der Waals surface area contributed by atoms with Crippen LogP contribution in [0.15, 0.2) is 24.3 Å². The maximum Gasteiger partial charge on any atom is 0.161 e. The zero-order valence-electron chi connectivity index (χ0n) is 11.7. The minimum Gasteiger partial charge on any atom is -0.486 e. The molecule has 7 heteroatoms. The summed E-state index contributed by atoms with van der Waals surface area (Å²) in [6.45, 7) is 4.98. The first kappa shape index (κ1) is 14.6. The molecule has 1 atom stereocenters. The van der Waals surface area contributed by atoms with Crippen molar-refractivity contribution in [3.63, 3.8) is 0 Å². The number of rotatable bonds is 5. The Hall–Kier alpha value is -1.37. The molecule has 0 amide bonds. The zero-order chi connectivity index (χ0) is 14.7. The van der Waals surface area contributed by atoms with E-state index in [9.17, 15) is 0 Å². The summed E-state index contributed by atoms with van der Waals surface area (Å²) < 4.78 is 16.2. The first-order chi connectivity index (χ1) is 10.3. The lowest BCUT2D eigenvalue weighted by Crippen LogP contribution is -2.40. The Labute approximate surface area is 132 Å². The van der Waals surface area contributed by atoms with Gasteiger partial charge in [-0.25, -0.2) is 0 Å². The second-order valence-corrected chi connectivity index (χ2v) is 6.17. The number of nitrogens with zero attached hydrogens (tertiary/aromatic N) is 3. The monoisotopic (exact) mass is 325 g/mol. The van der Waals surface area contributed by atoms with Gasteiger partial charge in [0.15, 0.2) is 11.5 Å². The highest BCUT2D eigenvalue weighted by Gasteiger charge is 2.23. The van der Waals surface area contributed by atoms with Crippen molar-refractivity contribution in [2.45, 2.75) is 19.6 Å². The van der Waals surface area contributed by atoms with E-state index in [1.165, 1.54) is 11.5 Å². The molecule has 3 rings (SSSR count). The molecule has 0 spiro atoms. The molecule has 2 aromatic rings. The summed E-state index contributed by atoms with van der Waals surface area (Å²) >= 11 is 7.28. The van der Waals surface area contributed by atoms with E-state index in [4.69, 9.17) is 21.1 Å². The van der Waals surface area contributed by atoms with Gasteiger partial charge in [0.25, 0.3) is 0 Å². The lowest BCUT2D eigenvalue weighted by Gasteiger charge is -2.30. The Bertz CT molecular complexity index is 607. The Balaban J connectivity index is 1.62. The van der Waals surface area contributed by atoms with Crippen LogP contribution < -0.4 is 9.47 Å². The van der Waals surface area contributed by atoms with Crippen molar-refractivity contribution in [2.24, 2.45) is 0 Å². The van der Waals surface area contributed by atoms with Crippen molar-refractivity contribution in [2.75, 3.05) is 19.7 Å². The highest BCUT2D eigenvalue weighted by Crippen LogP contribution is 2.31. The van der Waals surface area contributed by atoms with Crippen molar-refractivity contribution >= 4 is 23.1 Å². The van der Waals surface area contributed by atoms with Crippen LogP contribution in [0.25, 0.3) is 0 Å². The van der Waals surface area contributed by atoms with Gasteiger partial charge in [-0.1, -0.05) is 35.1 Å². The van der Waals surface area contributed by atoms with E-state index < -0.39 is 0 Å². The maximum atomic E-state index is 6.06. The molecule has 0 aliphatic carbocycles. The number of halogens is 1. The first-order valence-corrected chi connectivity index (χ1v) is 7.99. The van der Waals surface area contributed by atoms with Gasteiger partial charge >= 0.3 is 0 Å². The molecule has 0 radical (unpaired) electrons. The second-order valence-electron chi connectivity index (χ2n) is 4.82. The van der Waals surface area contributed by atoms with Crippen molar-refractivity contribution in [3.05, 3.63) is 34.3 Å². The second kappa shape index (κ2) is 6.60. The topological polar surface area (TPSA) is 47.5 Å². The number of fused-ring (bicyclic) bond motifs is 1. The minimum absolute atomic E-state index is 0.00483. The summed E-state index contributed by atoms with van der Waals surface area (Å²) in [5.74, 6) is 1.61. The van der Waals surface area contributed by atoms with Crippen LogP contribution >= 0.6 is 23.1 Å². The predicted molar refractivity (Wildman–Crippen MR) is 82.2 cm³/mol. The van der Waals surface area contributed by atoms with E-state index in [0.29, 0.717) is 17.5 Å². The number of hydrogen-bond donors (Lipinski definition) is 0. The van der Waals surface area contributed by atoms with Gasteiger partial charge in [-0.05, 0) is 18.7 Å². The molecule has 0 saturated carbocycles. The van der Waals surface area contributed by atoms with Crippen LogP contribution in [-0.2, 0) is 6.54 Å². The van der Waals surface area contributed by atoms with E-state index >= 15 is 0 Å². The summed E-state index contributed by atoms with van der Waals surface area (Å²) in [5.41, 5.74) is 0.820. The SMILES string of the molecule is CCN(Cc1nnsc1Cl)C[C@H]1COc2ccccc2O1. The molecular weight excluding hydrogens is 310 g/mol. The minimum atomic E-state index is 0.00483. The molecule has 0 unspecified atom stereocenters. The number of aromatic nitrogens is 2. The fraction of sp³-hybridized carbons (Fsp3) is 0.429. The average Bonchev–Trinajstić information content (AvgIpc) is 2.91. The molecular formula is C14H16ClN3O2S. The molecule has 112 valence electrons. The van der Waals surface area contributed by atoms with Gasteiger partial charge in [0.2, 0.25) is 0 Å². The smallest absolute Gasteiger partial charge is 0.161 e. The summed E-state index contributed by atoms with van der Waals surface area (Å²) in [6.07, 6.45) is 0.00483. The molecule has 1 aliphatic heterocycles. The normalized spacial score (nSPS) is 17.2. The Morgan fingerprint density at radius 1 is 1.38 bits per heavy atom. The van der Waals surface area contributed by atoms with E-state index in [0.717, 1.165) is 30.3 Å². The van der Waals surface area contributed by atoms with Gasteiger partial charge in [0, 0.05) is 24.6 Å². The van der Waals surface area contributed by atoms with Crippen LogP contribution in [0.2, 0.25) is 4.34 Å². The van der Waals surface area contributed by atoms with Crippen LogP contribution in [0.3, 0.4) is 0 Å². The third kappa shape index (κ3) is 3.45. The fourth-order valence-electron chi connectivity index (χ4n) is 2.25. The average molecular weight is 326 g/mol. The van der Waals surface area contributed by atoms with Crippen molar-refractivity contribution in [1.82, 2.24) is 14.5 Å². The van der Waals surface area contributed by atoms with Gasteiger partial charge < -0.3 is 9.47 Å². The molecule has 21 heavy (non-hydrogen) atoms. The molecule has 2 heterocycles. The van der Waals surface area contributed by atoms with E-state index in [2.05, 4.69) is 21.4 Å². The summed E-state index contributed by atoms with van der Waals surface area (Å²) in [4.78, 5) is 2.23. The van der Waals surface area contributed by atoms with Gasteiger partial charge in [0.1, 0.15) is 22.7 Å². The van der Waals surface area contributed by atoms with Gasteiger partial charge in [-0.3, -0.25) is 4.90 Å². The number of hydrogen-bond acceptors (Lipinski definition) is 6. The van der Waals surface area contributed by atoms with Crippen LogP contribution in [-0.4, -0.2) is 40.3 Å². The molecule has 1 aromatic heterocycles.